The maximum Gasteiger partial charge on any atom is 0.250 e. The average molecular weight is 582 g/mol. The van der Waals surface area contributed by atoms with Gasteiger partial charge in [0.15, 0.2) is 11.5 Å². The maximum atomic E-state index is 14.5. The minimum Gasteiger partial charge on any atom is -0.490 e. The molecule has 224 valence electrons. The summed E-state index contributed by atoms with van der Waals surface area (Å²) in [7, 11) is 0. The van der Waals surface area contributed by atoms with Crippen LogP contribution in [0.25, 0.3) is 10.8 Å². The third-order valence-electron chi connectivity index (χ3n) is 7.44. The molecule has 2 atom stereocenters. The smallest absolute Gasteiger partial charge is 0.250 e. The van der Waals surface area contributed by atoms with Crippen molar-refractivity contribution in [1.29, 1.82) is 0 Å². The number of carbonyl (C=O) groups is 2. The van der Waals surface area contributed by atoms with Crippen LogP contribution in [-0.4, -0.2) is 41.0 Å². The van der Waals surface area contributed by atoms with Crippen LogP contribution in [0.2, 0.25) is 0 Å². The predicted octanol–water partition coefficient (Wildman–Crippen LogP) is 6.48. The Labute approximate surface area is 252 Å². The molecule has 0 bridgehead atoms. The van der Waals surface area contributed by atoms with Gasteiger partial charge in [0.25, 0.3) is 0 Å². The Morgan fingerprint density at radius 2 is 1.88 bits per heavy atom. The number of pyridine rings is 1. The first-order valence-corrected chi connectivity index (χ1v) is 14.8. The largest absolute Gasteiger partial charge is 0.490 e. The molecule has 2 heterocycles. The minimum atomic E-state index is -0.705. The van der Waals surface area contributed by atoms with Gasteiger partial charge in [0.1, 0.15) is 11.9 Å². The zero-order valence-electron chi connectivity index (χ0n) is 25.1. The Bertz CT molecular complexity index is 1620. The molecule has 3 aromatic carbocycles. The molecule has 9 nitrogen and oxygen atoms in total. The molecular weight excluding hydrogens is 542 g/mol. The molecule has 1 fully saturated rings. The number of amides is 2. The first kappa shape index (κ1) is 29.7. The molecule has 0 spiro atoms. The van der Waals surface area contributed by atoms with E-state index in [1.165, 1.54) is 6.92 Å². The molecule has 1 aliphatic rings. The molecule has 2 amide bonds. The lowest BCUT2D eigenvalue weighted by Gasteiger charge is -2.31. The number of benzene rings is 3. The third kappa shape index (κ3) is 6.83. The van der Waals surface area contributed by atoms with E-state index in [4.69, 9.17) is 15.2 Å². The molecule has 1 saturated heterocycles. The number of ether oxygens (including phenoxy) is 2. The summed E-state index contributed by atoms with van der Waals surface area (Å²) >= 11 is 0. The number of nitrogens with zero attached hydrogens (tertiary/aromatic N) is 2. The highest BCUT2D eigenvalue weighted by Crippen LogP contribution is 2.38. The zero-order chi connectivity index (χ0) is 30.5. The van der Waals surface area contributed by atoms with Crippen molar-refractivity contribution in [3.05, 3.63) is 84.1 Å². The van der Waals surface area contributed by atoms with Crippen LogP contribution < -0.4 is 25.8 Å². The van der Waals surface area contributed by atoms with E-state index in [0.717, 1.165) is 40.4 Å². The van der Waals surface area contributed by atoms with Crippen LogP contribution in [0.3, 0.4) is 0 Å². The summed E-state index contributed by atoms with van der Waals surface area (Å²) in [5.41, 5.74) is 9.33. The Morgan fingerprint density at radius 1 is 1.05 bits per heavy atom. The van der Waals surface area contributed by atoms with Crippen molar-refractivity contribution in [2.45, 2.75) is 58.7 Å². The molecular formula is C34H39N5O4. The van der Waals surface area contributed by atoms with E-state index < -0.39 is 6.04 Å². The van der Waals surface area contributed by atoms with E-state index in [2.05, 4.69) is 15.6 Å². The van der Waals surface area contributed by atoms with Gasteiger partial charge in [-0.15, -0.1) is 0 Å². The van der Waals surface area contributed by atoms with Crippen LogP contribution in [0.15, 0.2) is 72.9 Å². The molecule has 4 aromatic rings. The monoisotopic (exact) mass is 581 g/mol. The molecule has 0 radical (unpaired) electrons. The quantitative estimate of drug-likeness (QED) is 0.196. The first-order valence-electron chi connectivity index (χ1n) is 14.8. The highest BCUT2D eigenvalue weighted by molar-refractivity contribution is 5.94. The van der Waals surface area contributed by atoms with Crippen LogP contribution in [0.4, 0.5) is 17.2 Å². The molecule has 5 rings (SSSR count). The Morgan fingerprint density at radius 3 is 2.65 bits per heavy atom. The molecule has 43 heavy (non-hydrogen) atoms. The van der Waals surface area contributed by atoms with Gasteiger partial charge in [-0.3, -0.25) is 9.59 Å². The summed E-state index contributed by atoms with van der Waals surface area (Å²) in [5, 5.41) is 8.15. The summed E-state index contributed by atoms with van der Waals surface area (Å²) in [4.78, 5) is 32.3. The van der Waals surface area contributed by atoms with E-state index in [1.807, 2.05) is 92.4 Å². The van der Waals surface area contributed by atoms with Crippen LogP contribution in [-0.2, 0) is 9.59 Å². The lowest BCUT2D eigenvalue weighted by molar-refractivity contribution is -0.133. The summed E-state index contributed by atoms with van der Waals surface area (Å²) < 4.78 is 12.0. The van der Waals surface area contributed by atoms with Gasteiger partial charge >= 0.3 is 0 Å². The van der Waals surface area contributed by atoms with Gasteiger partial charge in [-0.05, 0) is 98.7 Å². The third-order valence-corrected chi connectivity index (χ3v) is 7.44. The summed E-state index contributed by atoms with van der Waals surface area (Å²) in [6.45, 7) is 8.43. The van der Waals surface area contributed by atoms with E-state index >= 15 is 0 Å². The second kappa shape index (κ2) is 13.0. The number of likely N-dealkylation sites (tertiary alicyclic amines) is 1. The second-order valence-corrected chi connectivity index (χ2v) is 11.0. The molecule has 0 aliphatic carbocycles. The molecule has 4 N–H and O–H groups in total. The highest BCUT2D eigenvalue weighted by Gasteiger charge is 2.35. The summed E-state index contributed by atoms with van der Waals surface area (Å²) in [5.74, 6) is 1.49. The number of anilines is 3. The highest BCUT2D eigenvalue weighted by atomic mass is 16.5. The minimum absolute atomic E-state index is 0.0289. The molecule has 0 saturated carbocycles. The topological polar surface area (TPSA) is 119 Å². The normalized spacial score (nSPS) is 15.4. The van der Waals surface area contributed by atoms with E-state index in [0.29, 0.717) is 36.2 Å². The Hall–Kier alpha value is -4.79. The number of aromatic nitrogens is 1. The first-order chi connectivity index (χ1) is 20.7. The van der Waals surface area contributed by atoms with Crippen molar-refractivity contribution in [3.8, 4) is 11.5 Å². The zero-order valence-corrected chi connectivity index (χ0v) is 25.1. The van der Waals surface area contributed by atoms with Gasteiger partial charge in [0.2, 0.25) is 11.8 Å². The van der Waals surface area contributed by atoms with Gasteiger partial charge in [-0.25, -0.2) is 4.98 Å². The van der Waals surface area contributed by atoms with E-state index in [1.54, 1.807) is 6.20 Å². The summed E-state index contributed by atoms with van der Waals surface area (Å²) in [6.07, 6.45) is 3.35. The number of nitrogens with one attached hydrogen (secondary N) is 2. The maximum absolute atomic E-state index is 14.5. The Balaban J connectivity index is 1.53. The van der Waals surface area contributed by atoms with Crippen LogP contribution in [0.1, 0.15) is 63.7 Å². The molecule has 9 heteroatoms. The van der Waals surface area contributed by atoms with Crippen molar-refractivity contribution in [2.75, 3.05) is 29.5 Å². The lowest BCUT2D eigenvalue weighted by Crippen LogP contribution is -2.37. The number of carbonyl (C=O) groups excluding carboxylic acids is 2. The fourth-order valence-corrected chi connectivity index (χ4v) is 5.64. The SMILES string of the molecule is CCOc1cc([C@H](Nc2ccc3c(N)nccc3c2)C(=O)N2CCC[C@@H]2c2cccc(NC(C)=O)c2)ccc1OC(C)C. The van der Waals surface area contributed by atoms with Crippen molar-refractivity contribution < 1.29 is 19.1 Å². The molecule has 1 aliphatic heterocycles. The van der Waals surface area contributed by atoms with E-state index in [9.17, 15) is 9.59 Å². The molecule has 1 aromatic heterocycles. The number of nitrogen functional groups attached to an aromatic ring is 1. The lowest BCUT2D eigenvalue weighted by atomic mass is 10.0. The second-order valence-electron chi connectivity index (χ2n) is 11.0. The van der Waals surface area contributed by atoms with Crippen molar-refractivity contribution >= 4 is 39.8 Å². The van der Waals surface area contributed by atoms with Crippen molar-refractivity contribution in [3.63, 3.8) is 0 Å². The Kier molecular flexibility index (Phi) is 8.99. The number of fused-ring (bicyclic) bond motifs is 1. The van der Waals surface area contributed by atoms with E-state index in [-0.39, 0.29) is 24.0 Å². The van der Waals surface area contributed by atoms with Gasteiger partial charge in [-0.1, -0.05) is 18.2 Å². The molecule has 0 unspecified atom stereocenters. The van der Waals surface area contributed by atoms with Crippen molar-refractivity contribution in [2.24, 2.45) is 0 Å². The van der Waals surface area contributed by atoms with Gasteiger partial charge < -0.3 is 30.7 Å². The van der Waals surface area contributed by atoms with Crippen LogP contribution in [0.5, 0.6) is 11.5 Å². The fraction of sp³-hybridized carbons (Fsp3) is 0.324. The van der Waals surface area contributed by atoms with Gasteiger partial charge in [0.05, 0.1) is 18.8 Å². The van der Waals surface area contributed by atoms with Gasteiger partial charge in [-0.2, -0.15) is 0 Å². The van der Waals surface area contributed by atoms with Gasteiger partial charge in [0, 0.05) is 36.4 Å². The number of nitrogens with two attached hydrogens (primary N) is 1. The number of hydrogen-bond acceptors (Lipinski definition) is 7. The van der Waals surface area contributed by atoms with Crippen LogP contribution in [0, 0.1) is 0 Å². The average Bonchev–Trinajstić information content (AvgIpc) is 3.47. The van der Waals surface area contributed by atoms with Crippen molar-refractivity contribution in [1.82, 2.24) is 9.88 Å². The summed E-state index contributed by atoms with van der Waals surface area (Å²) in [6, 6.07) is 20.3. The van der Waals surface area contributed by atoms with Crippen LogP contribution >= 0.6 is 0 Å². The number of rotatable bonds is 10. The predicted molar refractivity (Wildman–Crippen MR) is 170 cm³/mol. The fourth-order valence-electron chi connectivity index (χ4n) is 5.64. The standard InChI is InChI=1S/C34H39N5O4/c1-5-42-31-20-25(11-14-30(31)43-21(2)3)32(38-27-12-13-28-23(18-27)15-16-36-33(28)35)34(41)39-17-7-10-29(39)24-8-6-9-26(19-24)37-22(4)40/h6,8-9,11-16,18-21,29,32,38H,5,7,10,17H2,1-4H3,(H2,35,36)(H,37,40)/t29-,32+/m1/s1. The number of hydrogen-bond donors (Lipinski definition) is 3.